The molecule has 0 amide bonds. The molecule has 0 aliphatic rings. The minimum atomic E-state index is 0.376. The zero-order valence-corrected chi connectivity index (χ0v) is 11.4. The number of nitrogens with zero attached hydrogens (tertiary/aromatic N) is 1. The molecule has 88 valence electrons. The van der Waals surface area contributed by atoms with Gasteiger partial charge in [-0.1, -0.05) is 46.3 Å². The quantitative estimate of drug-likeness (QED) is 0.791. The van der Waals surface area contributed by atoms with E-state index in [2.05, 4.69) is 20.9 Å². The molecule has 0 saturated heterocycles. The molecule has 2 rings (SSSR count). The Kier molecular flexibility index (Phi) is 4.40. The molecule has 0 radical (unpaired) electrons. The van der Waals surface area contributed by atoms with Crippen LogP contribution in [0.3, 0.4) is 0 Å². The van der Waals surface area contributed by atoms with E-state index in [-0.39, 0.29) is 0 Å². The average Bonchev–Trinajstić information content (AvgIpc) is 2.37. The monoisotopic (exact) mass is 311 g/mol. The first-order valence-electron chi connectivity index (χ1n) is 5.17. The molecule has 1 aromatic carbocycles. The van der Waals surface area contributed by atoms with Crippen LogP contribution in [-0.2, 0) is 12.5 Å². The van der Waals surface area contributed by atoms with Crippen molar-refractivity contribution in [2.45, 2.75) is 12.5 Å². The molecule has 0 unspecified atom stereocenters. The van der Waals surface area contributed by atoms with Crippen molar-refractivity contribution in [1.82, 2.24) is 4.98 Å². The molecule has 0 atom stereocenters. The van der Waals surface area contributed by atoms with Crippen LogP contribution < -0.4 is 4.74 Å². The summed E-state index contributed by atoms with van der Waals surface area (Å²) in [6, 6.07) is 13.7. The number of halogens is 2. The van der Waals surface area contributed by atoms with Crippen LogP contribution in [0, 0.1) is 0 Å². The van der Waals surface area contributed by atoms with Gasteiger partial charge in [-0.3, -0.25) is 0 Å². The van der Waals surface area contributed by atoms with Crippen molar-refractivity contribution in [3.8, 4) is 5.88 Å². The normalized spacial score (nSPS) is 10.2. The van der Waals surface area contributed by atoms with Crippen LogP contribution in [0.25, 0.3) is 0 Å². The molecule has 0 N–H and O–H groups in total. The van der Waals surface area contributed by atoms with E-state index in [9.17, 15) is 0 Å². The van der Waals surface area contributed by atoms with Gasteiger partial charge in [0, 0.05) is 10.5 Å². The van der Waals surface area contributed by atoms with Crippen molar-refractivity contribution in [3.05, 3.63) is 58.2 Å². The number of pyridine rings is 1. The smallest absolute Gasteiger partial charge is 0.214 e. The lowest BCUT2D eigenvalue weighted by molar-refractivity contribution is 0.293. The highest BCUT2D eigenvalue weighted by Crippen LogP contribution is 2.19. The van der Waals surface area contributed by atoms with Gasteiger partial charge in [0.25, 0.3) is 0 Å². The van der Waals surface area contributed by atoms with E-state index in [0.29, 0.717) is 18.4 Å². The Morgan fingerprint density at radius 2 is 1.94 bits per heavy atom. The molecule has 2 nitrogen and oxygen atoms in total. The summed E-state index contributed by atoms with van der Waals surface area (Å²) < 4.78 is 6.54. The predicted octanol–water partition coefficient (Wildman–Crippen LogP) is 4.16. The minimum Gasteiger partial charge on any atom is -0.473 e. The number of hydrogen-bond donors (Lipinski definition) is 0. The summed E-state index contributed by atoms with van der Waals surface area (Å²) in [4.78, 5) is 4.28. The first-order chi connectivity index (χ1) is 8.28. The topological polar surface area (TPSA) is 22.1 Å². The number of aromatic nitrogens is 1. The highest BCUT2D eigenvalue weighted by Gasteiger charge is 2.02. The van der Waals surface area contributed by atoms with Crippen molar-refractivity contribution < 1.29 is 4.74 Å². The predicted molar refractivity (Wildman–Crippen MR) is 72.3 cm³/mol. The molecule has 17 heavy (non-hydrogen) atoms. The first kappa shape index (κ1) is 12.4. The standard InChI is InChI=1S/C13H11BrClNO/c14-11-6-12(8-15)16-13(7-11)17-9-10-4-2-1-3-5-10/h1-7H,8-9H2. The van der Waals surface area contributed by atoms with Gasteiger partial charge in [-0.2, -0.15) is 0 Å². The van der Waals surface area contributed by atoms with Gasteiger partial charge in [0.15, 0.2) is 0 Å². The maximum Gasteiger partial charge on any atom is 0.214 e. The van der Waals surface area contributed by atoms with E-state index in [1.54, 1.807) is 0 Å². The second-order valence-electron chi connectivity index (χ2n) is 3.52. The van der Waals surface area contributed by atoms with Crippen LogP contribution >= 0.6 is 27.5 Å². The fourth-order valence-corrected chi connectivity index (χ4v) is 2.00. The number of alkyl halides is 1. The molecule has 2 aromatic rings. The van der Waals surface area contributed by atoms with Crippen LogP contribution in [-0.4, -0.2) is 4.98 Å². The number of hydrogen-bond acceptors (Lipinski definition) is 2. The molecule has 1 heterocycles. The zero-order valence-electron chi connectivity index (χ0n) is 9.07. The molecule has 0 saturated carbocycles. The largest absolute Gasteiger partial charge is 0.473 e. The second kappa shape index (κ2) is 6.03. The van der Waals surface area contributed by atoms with E-state index in [1.807, 2.05) is 42.5 Å². The van der Waals surface area contributed by atoms with Crippen LogP contribution in [0.4, 0.5) is 0 Å². The van der Waals surface area contributed by atoms with Crippen molar-refractivity contribution in [2.24, 2.45) is 0 Å². The van der Waals surface area contributed by atoms with Gasteiger partial charge in [-0.15, -0.1) is 11.6 Å². The van der Waals surface area contributed by atoms with Gasteiger partial charge in [0.2, 0.25) is 5.88 Å². The average molecular weight is 313 g/mol. The Hall–Kier alpha value is -1.06. The van der Waals surface area contributed by atoms with Crippen molar-refractivity contribution in [2.75, 3.05) is 0 Å². The van der Waals surface area contributed by atoms with Gasteiger partial charge in [-0.25, -0.2) is 4.98 Å². The van der Waals surface area contributed by atoms with E-state index in [0.717, 1.165) is 15.7 Å². The molecule has 0 fully saturated rings. The van der Waals surface area contributed by atoms with Gasteiger partial charge in [0.1, 0.15) is 6.61 Å². The Bertz CT molecular complexity index is 490. The van der Waals surface area contributed by atoms with Crippen LogP contribution in [0.15, 0.2) is 46.9 Å². The summed E-state index contributed by atoms with van der Waals surface area (Å²) >= 11 is 9.15. The maximum atomic E-state index is 5.75. The lowest BCUT2D eigenvalue weighted by Crippen LogP contribution is -1.98. The molecule has 0 aliphatic heterocycles. The van der Waals surface area contributed by atoms with Crippen LogP contribution in [0.2, 0.25) is 0 Å². The third kappa shape index (κ3) is 3.72. The first-order valence-corrected chi connectivity index (χ1v) is 6.50. The second-order valence-corrected chi connectivity index (χ2v) is 4.71. The van der Waals surface area contributed by atoms with E-state index >= 15 is 0 Å². The number of ether oxygens (including phenoxy) is 1. The van der Waals surface area contributed by atoms with Gasteiger partial charge in [-0.05, 0) is 11.6 Å². The Labute approximate surface area is 114 Å². The molecule has 0 spiro atoms. The number of rotatable bonds is 4. The SMILES string of the molecule is ClCc1cc(Br)cc(OCc2ccccc2)n1. The Balaban J connectivity index is 2.06. The zero-order chi connectivity index (χ0) is 12.1. The Morgan fingerprint density at radius 1 is 1.18 bits per heavy atom. The fourth-order valence-electron chi connectivity index (χ4n) is 1.40. The van der Waals surface area contributed by atoms with Gasteiger partial charge < -0.3 is 4.74 Å². The minimum absolute atomic E-state index is 0.376. The lowest BCUT2D eigenvalue weighted by Gasteiger charge is -2.07. The summed E-state index contributed by atoms with van der Waals surface area (Å²) in [6.07, 6.45) is 0. The fraction of sp³-hybridized carbons (Fsp3) is 0.154. The van der Waals surface area contributed by atoms with Gasteiger partial charge >= 0.3 is 0 Å². The third-order valence-electron chi connectivity index (χ3n) is 2.19. The van der Waals surface area contributed by atoms with Gasteiger partial charge in [0.05, 0.1) is 11.6 Å². The number of benzene rings is 1. The summed E-state index contributed by atoms with van der Waals surface area (Å²) in [6.45, 7) is 0.506. The molecule has 4 heteroatoms. The highest BCUT2D eigenvalue weighted by atomic mass is 79.9. The highest BCUT2D eigenvalue weighted by molar-refractivity contribution is 9.10. The summed E-state index contributed by atoms with van der Waals surface area (Å²) in [5.74, 6) is 0.958. The molecular formula is C13H11BrClNO. The Morgan fingerprint density at radius 3 is 2.65 bits per heavy atom. The van der Waals surface area contributed by atoms with Crippen molar-refractivity contribution in [3.63, 3.8) is 0 Å². The molecule has 0 aliphatic carbocycles. The van der Waals surface area contributed by atoms with E-state index < -0.39 is 0 Å². The molecule has 0 bridgehead atoms. The maximum absolute atomic E-state index is 5.75. The van der Waals surface area contributed by atoms with Crippen molar-refractivity contribution >= 4 is 27.5 Å². The van der Waals surface area contributed by atoms with Crippen LogP contribution in [0.5, 0.6) is 5.88 Å². The van der Waals surface area contributed by atoms with E-state index in [4.69, 9.17) is 16.3 Å². The molecule has 1 aromatic heterocycles. The summed E-state index contributed by atoms with van der Waals surface area (Å²) in [5, 5.41) is 0. The molecular weight excluding hydrogens is 302 g/mol. The van der Waals surface area contributed by atoms with E-state index in [1.165, 1.54) is 0 Å². The van der Waals surface area contributed by atoms with Crippen LogP contribution in [0.1, 0.15) is 11.3 Å². The summed E-state index contributed by atoms with van der Waals surface area (Å²) in [5.41, 5.74) is 1.91. The summed E-state index contributed by atoms with van der Waals surface area (Å²) in [7, 11) is 0. The third-order valence-corrected chi connectivity index (χ3v) is 2.92. The van der Waals surface area contributed by atoms with Crippen molar-refractivity contribution in [1.29, 1.82) is 0 Å². The lowest BCUT2D eigenvalue weighted by atomic mass is 10.2.